The number of hydrazine groups is 1. The van der Waals surface area contributed by atoms with Crippen molar-refractivity contribution in [3.63, 3.8) is 0 Å². The van der Waals surface area contributed by atoms with Crippen LogP contribution in [0.25, 0.3) is 0 Å². The van der Waals surface area contributed by atoms with Gasteiger partial charge in [0, 0.05) is 5.38 Å². The topological polar surface area (TPSA) is 91.6 Å². The van der Waals surface area contributed by atoms with Gasteiger partial charge in [-0.25, -0.2) is 10.8 Å². The maximum absolute atomic E-state index is 13.3. The molecule has 3 aromatic rings. The lowest BCUT2D eigenvalue weighted by Gasteiger charge is -2.38. The molecule has 1 fully saturated rings. The van der Waals surface area contributed by atoms with Crippen LogP contribution >= 0.6 is 23.6 Å². The van der Waals surface area contributed by atoms with E-state index in [-0.39, 0.29) is 5.11 Å². The molecule has 0 atom stereocenters. The smallest absolute Gasteiger partial charge is 0.252 e. The standard InChI is InChI=1S/C19H15N5O2S2/c20-22-18-21-14(11-28-18)15-16(25)23(12-7-3-1-4-8-12)19(27)24(17(15)26)13-9-5-2-6-10-13/h1-11,15H,20H2,(H,21,22). The summed E-state index contributed by atoms with van der Waals surface area (Å²) >= 11 is 6.78. The van der Waals surface area contributed by atoms with Gasteiger partial charge in [-0.05, 0) is 36.5 Å². The fourth-order valence-electron chi connectivity index (χ4n) is 3.02. The number of hydrogen-bond acceptors (Lipinski definition) is 7. The van der Waals surface area contributed by atoms with Crippen LogP contribution in [0.1, 0.15) is 11.6 Å². The van der Waals surface area contributed by atoms with E-state index in [0.717, 1.165) is 0 Å². The van der Waals surface area contributed by atoms with Gasteiger partial charge in [-0.3, -0.25) is 24.8 Å². The van der Waals surface area contributed by atoms with Crippen molar-refractivity contribution in [2.75, 3.05) is 15.2 Å². The molecule has 7 nitrogen and oxygen atoms in total. The maximum atomic E-state index is 13.3. The van der Waals surface area contributed by atoms with E-state index in [9.17, 15) is 9.59 Å². The Morgan fingerprint density at radius 1 is 0.929 bits per heavy atom. The van der Waals surface area contributed by atoms with E-state index in [1.165, 1.54) is 21.1 Å². The lowest BCUT2D eigenvalue weighted by molar-refractivity contribution is -0.128. The molecule has 1 aromatic heterocycles. The third-order valence-corrected chi connectivity index (χ3v) is 5.44. The average molecular weight is 409 g/mol. The van der Waals surface area contributed by atoms with Crippen LogP contribution in [0.2, 0.25) is 0 Å². The number of para-hydroxylation sites is 2. The summed E-state index contributed by atoms with van der Waals surface area (Å²) in [5, 5.41) is 2.17. The van der Waals surface area contributed by atoms with Crippen LogP contribution < -0.4 is 21.1 Å². The van der Waals surface area contributed by atoms with E-state index in [2.05, 4.69) is 10.4 Å². The second kappa shape index (κ2) is 7.47. The van der Waals surface area contributed by atoms with Gasteiger partial charge in [0.25, 0.3) is 11.8 Å². The lowest BCUT2D eigenvalue weighted by atomic mass is 9.99. The van der Waals surface area contributed by atoms with Gasteiger partial charge in [0.15, 0.2) is 16.2 Å². The van der Waals surface area contributed by atoms with Gasteiger partial charge in [-0.15, -0.1) is 11.3 Å². The zero-order valence-corrected chi connectivity index (χ0v) is 16.1. The number of carbonyl (C=O) groups is 2. The van der Waals surface area contributed by atoms with E-state index in [1.807, 2.05) is 36.4 Å². The van der Waals surface area contributed by atoms with E-state index >= 15 is 0 Å². The number of aromatic nitrogens is 1. The van der Waals surface area contributed by atoms with Crippen LogP contribution in [0.5, 0.6) is 0 Å². The van der Waals surface area contributed by atoms with Gasteiger partial charge in [-0.1, -0.05) is 36.4 Å². The Labute approximate surface area is 170 Å². The van der Waals surface area contributed by atoms with Crippen molar-refractivity contribution < 1.29 is 9.59 Å². The third kappa shape index (κ3) is 3.05. The molecule has 2 aromatic carbocycles. The molecule has 4 rings (SSSR count). The number of anilines is 3. The third-order valence-electron chi connectivity index (χ3n) is 4.29. The molecule has 1 aliphatic heterocycles. The number of amides is 2. The second-order valence-electron chi connectivity index (χ2n) is 5.96. The first-order valence-corrected chi connectivity index (χ1v) is 9.64. The van der Waals surface area contributed by atoms with E-state index in [0.29, 0.717) is 22.2 Å². The summed E-state index contributed by atoms with van der Waals surface area (Å²) in [5.41, 5.74) is 3.95. The fraction of sp³-hybridized carbons (Fsp3) is 0.0526. The summed E-state index contributed by atoms with van der Waals surface area (Å²) in [6, 6.07) is 18.0. The van der Waals surface area contributed by atoms with Crippen LogP contribution in [0.3, 0.4) is 0 Å². The van der Waals surface area contributed by atoms with Crippen LogP contribution in [0, 0.1) is 0 Å². The minimum absolute atomic E-state index is 0.107. The Hall–Kier alpha value is -3.14. The van der Waals surface area contributed by atoms with Gasteiger partial charge >= 0.3 is 0 Å². The van der Waals surface area contributed by atoms with Gasteiger partial charge in [0.05, 0.1) is 17.1 Å². The summed E-state index contributed by atoms with van der Waals surface area (Å²) < 4.78 is 0. The van der Waals surface area contributed by atoms with Gasteiger partial charge in [-0.2, -0.15) is 0 Å². The van der Waals surface area contributed by atoms with Crippen LogP contribution in [0.15, 0.2) is 66.0 Å². The summed E-state index contributed by atoms with van der Waals surface area (Å²) in [6.07, 6.45) is 0. The molecule has 0 radical (unpaired) electrons. The molecule has 2 heterocycles. The molecule has 140 valence electrons. The molecule has 28 heavy (non-hydrogen) atoms. The molecule has 0 spiro atoms. The number of nitrogens with one attached hydrogen (secondary N) is 1. The number of rotatable bonds is 4. The molecule has 1 aliphatic rings. The molecule has 9 heteroatoms. The fourth-order valence-corrected chi connectivity index (χ4v) is 4.06. The van der Waals surface area contributed by atoms with E-state index < -0.39 is 17.7 Å². The number of nitrogen functional groups attached to an aromatic ring is 1. The Morgan fingerprint density at radius 3 is 1.86 bits per heavy atom. The Kier molecular flexibility index (Phi) is 4.86. The Balaban J connectivity index is 1.85. The Bertz CT molecular complexity index is 977. The molecule has 3 N–H and O–H groups in total. The van der Waals surface area contributed by atoms with E-state index in [4.69, 9.17) is 18.1 Å². The first-order chi connectivity index (χ1) is 13.6. The highest BCUT2D eigenvalue weighted by Crippen LogP contribution is 2.34. The van der Waals surface area contributed by atoms with Crippen molar-refractivity contribution in [3.05, 3.63) is 71.7 Å². The molecule has 0 bridgehead atoms. The molecule has 0 saturated carbocycles. The highest BCUT2D eigenvalue weighted by Gasteiger charge is 2.46. The number of thiocarbonyl (C=S) groups is 1. The van der Waals surface area contributed by atoms with Gasteiger partial charge in [0.1, 0.15) is 0 Å². The number of nitrogens with two attached hydrogens (primary N) is 1. The predicted octanol–water partition coefficient (Wildman–Crippen LogP) is 2.88. The molecule has 0 aliphatic carbocycles. The molecular formula is C19H15N5O2S2. The summed E-state index contributed by atoms with van der Waals surface area (Å²) in [7, 11) is 0. The normalized spacial score (nSPS) is 15.2. The number of nitrogens with zero attached hydrogens (tertiary/aromatic N) is 3. The molecular weight excluding hydrogens is 394 g/mol. The highest BCUT2D eigenvalue weighted by molar-refractivity contribution is 7.81. The number of benzene rings is 2. The quantitative estimate of drug-likeness (QED) is 0.298. The number of thiazole rings is 1. The summed E-state index contributed by atoms with van der Waals surface area (Å²) in [6.45, 7) is 0. The van der Waals surface area contributed by atoms with Crippen molar-refractivity contribution in [1.82, 2.24) is 4.98 Å². The van der Waals surface area contributed by atoms with Crippen LogP contribution in [-0.4, -0.2) is 21.9 Å². The van der Waals surface area contributed by atoms with Crippen molar-refractivity contribution in [1.29, 1.82) is 0 Å². The summed E-state index contributed by atoms with van der Waals surface area (Å²) in [4.78, 5) is 33.7. The predicted molar refractivity (Wildman–Crippen MR) is 113 cm³/mol. The zero-order chi connectivity index (χ0) is 19.7. The zero-order valence-electron chi connectivity index (χ0n) is 14.5. The number of hydrogen-bond donors (Lipinski definition) is 2. The molecule has 2 amide bonds. The minimum Gasteiger partial charge on any atom is -0.300 e. The van der Waals surface area contributed by atoms with Crippen LogP contribution in [-0.2, 0) is 9.59 Å². The van der Waals surface area contributed by atoms with Crippen molar-refractivity contribution in [3.8, 4) is 0 Å². The van der Waals surface area contributed by atoms with Gasteiger partial charge < -0.3 is 0 Å². The average Bonchev–Trinajstić information content (AvgIpc) is 3.18. The van der Waals surface area contributed by atoms with Gasteiger partial charge in [0.2, 0.25) is 0 Å². The second-order valence-corrected chi connectivity index (χ2v) is 7.18. The Morgan fingerprint density at radius 2 is 1.43 bits per heavy atom. The largest absolute Gasteiger partial charge is 0.300 e. The lowest BCUT2D eigenvalue weighted by Crippen LogP contribution is -2.59. The van der Waals surface area contributed by atoms with Crippen molar-refractivity contribution in [2.24, 2.45) is 5.84 Å². The monoisotopic (exact) mass is 409 g/mol. The molecule has 0 unspecified atom stereocenters. The first-order valence-electron chi connectivity index (χ1n) is 8.36. The first kappa shape index (κ1) is 18.2. The molecule has 1 saturated heterocycles. The minimum atomic E-state index is -1.12. The maximum Gasteiger partial charge on any atom is 0.252 e. The summed E-state index contributed by atoms with van der Waals surface area (Å²) in [5.74, 6) is 3.40. The number of carbonyl (C=O) groups excluding carboxylic acids is 2. The van der Waals surface area contributed by atoms with E-state index in [1.54, 1.807) is 29.6 Å². The van der Waals surface area contributed by atoms with Crippen molar-refractivity contribution >= 4 is 57.0 Å². The SMILES string of the molecule is NNc1nc(C2C(=O)N(c3ccccc3)C(=S)N(c3ccccc3)C2=O)cs1. The van der Waals surface area contributed by atoms with Crippen molar-refractivity contribution in [2.45, 2.75) is 5.92 Å². The van der Waals surface area contributed by atoms with Crippen LogP contribution in [0.4, 0.5) is 16.5 Å². The highest BCUT2D eigenvalue weighted by atomic mass is 32.1.